The van der Waals surface area contributed by atoms with Crippen LogP contribution in [0.1, 0.15) is 5.56 Å². The van der Waals surface area contributed by atoms with Crippen molar-refractivity contribution in [2.45, 2.75) is 0 Å². The fraction of sp³-hybridized carbons (Fsp3) is 0. The molecule has 0 fully saturated rings. The molecule has 0 atom stereocenters. The molecule has 0 aromatic heterocycles. The Kier molecular flexibility index (Phi) is 2.21. The first-order valence-electron chi connectivity index (χ1n) is 3.07. The Hall–Kier alpha value is -1.38. The number of rotatable bonds is 1. The van der Waals surface area contributed by atoms with Gasteiger partial charge < -0.3 is 5.73 Å². The van der Waals surface area contributed by atoms with Crippen LogP contribution in [0.4, 0.5) is 8.78 Å². The molecule has 0 heterocycles. The van der Waals surface area contributed by atoms with Crippen molar-refractivity contribution in [2.24, 2.45) is 5.73 Å². The standard InChI is InChI=1S/C8H7F2N/c9-7-1-2-8(10)6(5-7)3-4-11/h1-5H,11H2. The first-order chi connectivity index (χ1) is 5.24. The molecule has 11 heavy (non-hydrogen) atoms. The molecular weight excluding hydrogens is 148 g/mol. The molecule has 2 N–H and O–H groups in total. The lowest BCUT2D eigenvalue weighted by Gasteiger charge is -1.94. The van der Waals surface area contributed by atoms with Gasteiger partial charge in [-0.3, -0.25) is 0 Å². The van der Waals surface area contributed by atoms with E-state index in [1.165, 1.54) is 6.08 Å². The van der Waals surface area contributed by atoms with Gasteiger partial charge in [0.15, 0.2) is 0 Å². The predicted molar refractivity (Wildman–Crippen MR) is 39.6 cm³/mol. The average molecular weight is 155 g/mol. The van der Waals surface area contributed by atoms with Gasteiger partial charge in [-0.2, -0.15) is 0 Å². The lowest BCUT2D eigenvalue weighted by atomic mass is 10.2. The highest BCUT2D eigenvalue weighted by Gasteiger charge is 1.98. The zero-order chi connectivity index (χ0) is 8.27. The van der Waals surface area contributed by atoms with Crippen molar-refractivity contribution in [1.82, 2.24) is 0 Å². The van der Waals surface area contributed by atoms with E-state index >= 15 is 0 Å². The topological polar surface area (TPSA) is 26.0 Å². The second-order valence-corrected chi connectivity index (χ2v) is 2.02. The fourth-order valence-electron chi connectivity index (χ4n) is 0.746. The summed E-state index contributed by atoms with van der Waals surface area (Å²) in [7, 11) is 0. The van der Waals surface area contributed by atoms with Crippen molar-refractivity contribution < 1.29 is 8.78 Å². The van der Waals surface area contributed by atoms with Gasteiger partial charge in [0.05, 0.1) is 0 Å². The Morgan fingerprint density at radius 2 is 2.00 bits per heavy atom. The second-order valence-electron chi connectivity index (χ2n) is 2.02. The maximum Gasteiger partial charge on any atom is 0.130 e. The zero-order valence-corrected chi connectivity index (χ0v) is 5.72. The van der Waals surface area contributed by atoms with E-state index < -0.39 is 11.6 Å². The molecule has 1 rings (SSSR count). The molecule has 1 aromatic rings. The molecular formula is C8H7F2N. The van der Waals surface area contributed by atoms with E-state index in [0.717, 1.165) is 24.4 Å². The molecule has 0 bridgehead atoms. The summed E-state index contributed by atoms with van der Waals surface area (Å²) < 4.78 is 25.1. The number of hydrogen-bond acceptors (Lipinski definition) is 1. The summed E-state index contributed by atoms with van der Waals surface area (Å²) in [5.74, 6) is -0.951. The van der Waals surface area contributed by atoms with Gasteiger partial charge in [-0.25, -0.2) is 8.78 Å². The Labute approximate surface area is 63.1 Å². The Balaban J connectivity index is 3.12. The van der Waals surface area contributed by atoms with Crippen molar-refractivity contribution in [2.75, 3.05) is 0 Å². The molecule has 0 unspecified atom stereocenters. The monoisotopic (exact) mass is 155 g/mol. The second kappa shape index (κ2) is 3.14. The van der Waals surface area contributed by atoms with Crippen LogP contribution in [0.2, 0.25) is 0 Å². The molecule has 0 radical (unpaired) electrons. The molecule has 1 nitrogen and oxygen atoms in total. The molecule has 0 aliphatic carbocycles. The minimum atomic E-state index is -0.479. The lowest BCUT2D eigenvalue weighted by Crippen LogP contribution is -1.85. The lowest BCUT2D eigenvalue weighted by molar-refractivity contribution is 0.598. The van der Waals surface area contributed by atoms with Crippen LogP contribution in [0.15, 0.2) is 24.4 Å². The summed E-state index contributed by atoms with van der Waals surface area (Å²) in [5, 5.41) is 0. The quantitative estimate of drug-likeness (QED) is 0.658. The van der Waals surface area contributed by atoms with E-state index in [0.29, 0.717) is 0 Å². The predicted octanol–water partition coefficient (Wildman–Crippen LogP) is 1.89. The Morgan fingerprint density at radius 3 is 2.64 bits per heavy atom. The third-order valence-electron chi connectivity index (χ3n) is 1.23. The summed E-state index contributed by atoms with van der Waals surface area (Å²) in [5.41, 5.74) is 5.17. The van der Waals surface area contributed by atoms with Gasteiger partial charge in [0.2, 0.25) is 0 Å². The first-order valence-corrected chi connectivity index (χ1v) is 3.07. The molecule has 58 valence electrons. The van der Waals surface area contributed by atoms with Crippen molar-refractivity contribution in [1.29, 1.82) is 0 Å². The number of halogens is 2. The van der Waals surface area contributed by atoms with Gasteiger partial charge in [-0.1, -0.05) is 0 Å². The summed E-state index contributed by atoms with van der Waals surface area (Å²) in [6.45, 7) is 0. The Morgan fingerprint density at radius 1 is 1.27 bits per heavy atom. The van der Waals surface area contributed by atoms with Crippen LogP contribution in [0, 0.1) is 11.6 Å². The highest BCUT2D eigenvalue weighted by molar-refractivity contribution is 5.49. The van der Waals surface area contributed by atoms with Gasteiger partial charge >= 0.3 is 0 Å². The van der Waals surface area contributed by atoms with E-state index in [4.69, 9.17) is 5.73 Å². The molecule has 0 amide bonds. The fourth-order valence-corrected chi connectivity index (χ4v) is 0.746. The van der Waals surface area contributed by atoms with Gasteiger partial charge in [-0.15, -0.1) is 0 Å². The van der Waals surface area contributed by atoms with Crippen LogP contribution in [-0.2, 0) is 0 Å². The maximum absolute atomic E-state index is 12.7. The molecule has 1 aromatic carbocycles. The van der Waals surface area contributed by atoms with Crippen LogP contribution in [0.5, 0.6) is 0 Å². The van der Waals surface area contributed by atoms with Gasteiger partial charge in [0, 0.05) is 5.56 Å². The first kappa shape index (κ1) is 7.72. The molecule has 0 spiro atoms. The van der Waals surface area contributed by atoms with Crippen molar-refractivity contribution in [3.8, 4) is 0 Å². The van der Waals surface area contributed by atoms with Gasteiger partial charge in [0.1, 0.15) is 11.6 Å². The van der Waals surface area contributed by atoms with Gasteiger partial charge in [0.25, 0.3) is 0 Å². The zero-order valence-electron chi connectivity index (χ0n) is 5.72. The minimum Gasteiger partial charge on any atom is -0.405 e. The summed E-state index contributed by atoms with van der Waals surface area (Å²) in [6, 6.07) is 3.20. The van der Waals surface area contributed by atoms with Crippen LogP contribution in [0.3, 0.4) is 0 Å². The summed E-state index contributed by atoms with van der Waals surface area (Å²) in [4.78, 5) is 0. The highest BCUT2D eigenvalue weighted by atomic mass is 19.1. The van der Waals surface area contributed by atoms with E-state index in [1.54, 1.807) is 0 Å². The number of nitrogens with two attached hydrogens (primary N) is 1. The van der Waals surface area contributed by atoms with Crippen LogP contribution in [0.25, 0.3) is 6.08 Å². The molecule has 0 saturated carbocycles. The van der Waals surface area contributed by atoms with Crippen molar-refractivity contribution in [3.63, 3.8) is 0 Å². The van der Waals surface area contributed by atoms with E-state index in [-0.39, 0.29) is 5.56 Å². The summed E-state index contributed by atoms with van der Waals surface area (Å²) in [6.07, 6.45) is 2.47. The molecule has 0 aliphatic heterocycles. The number of benzene rings is 1. The number of hydrogen-bond donors (Lipinski definition) is 1. The van der Waals surface area contributed by atoms with E-state index in [9.17, 15) is 8.78 Å². The van der Waals surface area contributed by atoms with Gasteiger partial charge in [-0.05, 0) is 30.5 Å². The SMILES string of the molecule is NC=Cc1cc(F)ccc1F. The third kappa shape index (κ3) is 1.77. The minimum absolute atomic E-state index is 0.160. The maximum atomic E-state index is 12.7. The molecule has 3 heteroatoms. The third-order valence-corrected chi connectivity index (χ3v) is 1.23. The normalized spacial score (nSPS) is 10.7. The Bertz CT molecular complexity index is 281. The molecule has 0 saturated heterocycles. The van der Waals surface area contributed by atoms with E-state index in [1.807, 2.05) is 0 Å². The smallest absolute Gasteiger partial charge is 0.130 e. The largest absolute Gasteiger partial charge is 0.405 e. The summed E-state index contributed by atoms with van der Waals surface area (Å²) >= 11 is 0. The highest BCUT2D eigenvalue weighted by Crippen LogP contribution is 2.10. The average Bonchev–Trinajstić information content (AvgIpc) is 1.98. The van der Waals surface area contributed by atoms with Crippen LogP contribution >= 0.6 is 0 Å². The van der Waals surface area contributed by atoms with Crippen LogP contribution in [-0.4, -0.2) is 0 Å². The van der Waals surface area contributed by atoms with Crippen molar-refractivity contribution >= 4 is 6.08 Å². The van der Waals surface area contributed by atoms with E-state index in [2.05, 4.69) is 0 Å². The molecule has 0 aliphatic rings. The van der Waals surface area contributed by atoms with Crippen molar-refractivity contribution in [3.05, 3.63) is 41.6 Å². The van der Waals surface area contributed by atoms with Crippen LogP contribution < -0.4 is 5.73 Å².